The fourth-order valence-electron chi connectivity index (χ4n) is 10.4. The summed E-state index contributed by atoms with van der Waals surface area (Å²) in [5.41, 5.74) is 12.4. The minimum Gasteiger partial charge on any atom is -0.496 e. The van der Waals surface area contributed by atoms with Gasteiger partial charge in [0.1, 0.15) is 11.6 Å². The number of benzene rings is 4. The first-order chi connectivity index (χ1) is 31.7. The number of fused-ring (bicyclic) bond motifs is 2. The summed E-state index contributed by atoms with van der Waals surface area (Å²) in [6.07, 6.45) is 15.0. The van der Waals surface area contributed by atoms with E-state index in [4.69, 9.17) is 48.1 Å². The van der Waals surface area contributed by atoms with E-state index in [-0.39, 0.29) is 5.92 Å². The number of hydrogen-bond acceptors (Lipinski definition) is 10. The van der Waals surface area contributed by atoms with Crippen LogP contribution in [0.1, 0.15) is 61.0 Å². The fraction of sp³-hybridized carbons (Fsp3) is 0.315. The molecule has 1 spiro atoms. The molecule has 4 aromatic carbocycles. The molecule has 0 saturated heterocycles. The summed E-state index contributed by atoms with van der Waals surface area (Å²) in [6.45, 7) is 2.06. The molecule has 3 aliphatic heterocycles. The highest BCUT2D eigenvalue weighted by molar-refractivity contribution is 6.54. The first-order valence-corrected chi connectivity index (χ1v) is 22.2. The summed E-state index contributed by atoms with van der Waals surface area (Å²) < 4.78 is 43.4. The van der Waals surface area contributed by atoms with E-state index < -0.39 is 5.79 Å². The van der Waals surface area contributed by atoms with E-state index in [1.165, 1.54) is 16.7 Å². The molecule has 1 unspecified atom stereocenters. The molecule has 2 aliphatic carbocycles. The van der Waals surface area contributed by atoms with Gasteiger partial charge in [-0.15, -0.1) is 0 Å². The summed E-state index contributed by atoms with van der Waals surface area (Å²) in [7, 11) is 11.6. The van der Waals surface area contributed by atoms with Crippen molar-refractivity contribution in [2.45, 2.75) is 51.2 Å². The van der Waals surface area contributed by atoms with Crippen molar-refractivity contribution in [3.63, 3.8) is 0 Å². The highest BCUT2D eigenvalue weighted by Crippen LogP contribution is 2.54. The van der Waals surface area contributed by atoms with Crippen LogP contribution in [-0.2, 0) is 5.79 Å². The first-order valence-electron chi connectivity index (χ1n) is 22.2. The zero-order valence-electron chi connectivity index (χ0n) is 38.3. The number of aryl methyl sites for hydroxylation is 1. The molecule has 0 N–H and O–H groups in total. The largest absolute Gasteiger partial charge is 0.496 e. The minimum atomic E-state index is -1.34. The van der Waals surface area contributed by atoms with Gasteiger partial charge >= 0.3 is 0 Å². The summed E-state index contributed by atoms with van der Waals surface area (Å²) in [5.74, 6) is 4.58. The van der Waals surface area contributed by atoms with Crippen LogP contribution in [0.2, 0.25) is 0 Å². The Morgan fingerprint density at radius 3 is 1.58 bits per heavy atom. The molecular formula is C54H54N4O7. The van der Waals surface area contributed by atoms with E-state index in [0.29, 0.717) is 40.4 Å². The third kappa shape index (κ3) is 6.99. The monoisotopic (exact) mass is 870 g/mol. The highest BCUT2D eigenvalue weighted by Gasteiger charge is 2.49. The minimum absolute atomic E-state index is 0.286. The van der Waals surface area contributed by atoms with Crippen LogP contribution in [0.4, 0.5) is 0 Å². The molecule has 0 radical (unpaired) electrons. The number of imidazole rings is 1. The number of hydrogen-bond donors (Lipinski definition) is 0. The molecule has 332 valence electrons. The van der Waals surface area contributed by atoms with Crippen LogP contribution in [0.15, 0.2) is 124 Å². The molecule has 11 nitrogen and oxygen atoms in total. The normalized spacial score (nSPS) is 20.6. The topological polar surface area (TPSA) is 107 Å². The Bertz CT molecular complexity index is 2930. The van der Waals surface area contributed by atoms with Crippen molar-refractivity contribution in [2.24, 2.45) is 21.8 Å². The zero-order chi connectivity index (χ0) is 45.0. The van der Waals surface area contributed by atoms with Gasteiger partial charge in [-0.05, 0) is 152 Å². The molecule has 11 heteroatoms. The van der Waals surface area contributed by atoms with Crippen molar-refractivity contribution in [1.29, 1.82) is 0 Å². The number of ether oxygens (including phenoxy) is 7. The standard InChI is InChI=1S/C54H54N4O7/c1-31-25-36(17-21-42(31)59-2)49-50(37-18-22-43(60-3)46(28-37)63-6)57-54(56-49)41-27-33-10-9-32-11-13-34(15-16-35(41)14-12-33)40(26-32)53-55-51(38-19-23-44(61-4)47(29-38)64-7)52(58(53)54)39-20-24-45(62-5)48(30-39)65-8/h11-14,17-25,28-30,32-33H,9-10,15-16,26-27H2,1-8H3/t32-,33-,54?/m0/s1. The summed E-state index contributed by atoms with van der Waals surface area (Å²) >= 11 is 0. The molecule has 65 heavy (non-hydrogen) atoms. The highest BCUT2D eigenvalue weighted by atomic mass is 16.5. The SMILES string of the molecule is COc1ccc(C2=NC3(N=C2c2ccc(OC)c(OC)c2)C2=C4C=C[C@H](CC[C@H]5C=CC(=C(C5)c5nc(-c6ccc(OC)c(OC)c6)c(-c6ccc(OC)c(OC)c6)n53)CC4)C2)cc1C. The van der Waals surface area contributed by atoms with Gasteiger partial charge in [-0.25, -0.2) is 15.0 Å². The van der Waals surface area contributed by atoms with Crippen LogP contribution in [0.5, 0.6) is 40.2 Å². The lowest BCUT2D eigenvalue weighted by atomic mass is 9.78. The second-order valence-corrected chi connectivity index (χ2v) is 17.1. The van der Waals surface area contributed by atoms with Crippen LogP contribution in [-0.4, -0.2) is 70.7 Å². The van der Waals surface area contributed by atoms with Gasteiger partial charge in [0.15, 0.2) is 34.5 Å². The maximum Gasteiger partial charge on any atom is 0.258 e. The maximum atomic E-state index is 6.11. The lowest BCUT2D eigenvalue weighted by Gasteiger charge is -2.35. The number of allylic oxidation sites excluding steroid dienone is 7. The molecular weight excluding hydrogens is 817 g/mol. The zero-order valence-corrected chi connectivity index (χ0v) is 38.3. The van der Waals surface area contributed by atoms with Gasteiger partial charge in [-0.1, -0.05) is 24.3 Å². The maximum absolute atomic E-state index is 6.11. The van der Waals surface area contributed by atoms with Crippen LogP contribution in [0.3, 0.4) is 0 Å². The van der Waals surface area contributed by atoms with Crippen LogP contribution < -0.4 is 33.2 Å². The van der Waals surface area contributed by atoms with Gasteiger partial charge in [0, 0.05) is 27.8 Å². The Labute approximate surface area is 380 Å². The average Bonchev–Trinajstić information content (AvgIpc) is 3.95. The molecule has 4 heterocycles. The molecule has 0 saturated carbocycles. The van der Waals surface area contributed by atoms with Crippen molar-refractivity contribution in [1.82, 2.24) is 9.55 Å². The number of nitrogens with zero attached hydrogens (tertiary/aromatic N) is 4. The second-order valence-electron chi connectivity index (χ2n) is 17.1. The van der Waals surface area contributed by atoms with E-state index in [1.54, 1.807) is 49.8 Å². The van der Waals surface area contributed by atoms with Crippen molar-refractivity contribution in [3.05, 3.63) is 136 Å². The Kier molecular flexibility index (Phi) is 10.9. The van der Waals surface area contributed by atoms with Crippen molar-refractivity contribution in [2.75, 3.05) is 49.8 Å². The van der Waals surface area contributed by atoms with Crippen molar-refractivity contribution in [3.8, 4) is 62.8 Å². The Balaban J connectivity index is 1.40. The summed E-state index contributed by atoms with van der Waals surface area (Å²) in [4.78, 5) is 18.1. The van der Waals surface area contributed by atoms with Gasteiger partial charge in [-0.2, -0.15) is 0 Å². The molecule has 5 aromatic rings. The molecule has 1 aromatic heterocycles. The van der Waals surface area contributed by atoms with E-state index in [1.807, 2.05) is 48.5 Å². The molecule has 5 aliphatic rings. The Morgan fingerprint density at radius 2 is 1.00 bits per heavy atom. The lowest BCUT2D eigenvalue weighted by molar-refractivity contribution is 0.353. The fourth-order valence-corrected chi connectivity index (χ4v) is 10.4. The third-order valence-electron chi connectivity index (χ3n) is 13.7. The number of rotatable bonds is 11. The van der Waals surface area contributed by atoms with Gasteiger partial charge in [0.2, 0.25) is 0 Å². The second kappa shape index (κ2) is 16.8. The number of aliphatic imine (C=N–C) groups is 2. The van der Waals surface area contributed by atoms with Gasteiger partial charge in [-0.3, -0.25) is 4.57 Å². The van der Waals surface area contributed by atoms with Crippen LogP contribution in [0, 0.1) is 18.8 Å². The number of aromatic nitrogens is 2. The van der Waals surface area contributed by atoms with E-state index in [0.717, 1.165) is 106 Å². The van der Waals surface area contributed by atoms with Crippen LogP contribution >= 0.6 is 0 Å². The summed E-state index contributed by atoms with van der Waals surface area (Å²) in [5, 5.41) is 0. The molecule has 0 amide bonds. The molecule has 3 atom stereocenters. The molecule has 4 bridgehead atoms. The van der Waals surface area contributed by atoms with E-state index in [2.05, 4.69) is 60.1 Å². The third-order valence-corrected chi connectivity index (χ3v) is 13.7. The predicted octanol–water partition coefficient (Wildman–Crippen LogP) is 11.0. The Hall–Kier alpha value is -7.01. The lowest BCUT2D eigenvalue weighted by Crippen LogP contribution is -2.35. The quantitative estimate of drug-likeness (QED) is 0.129. The molecule has 0 fully saturated rings. The average molecular weight is 871 g/mol. The predicted molar refractivity (Wildman–Crippen MR) is 255 cm³/mol. The van der Waals surface area contributed by atoms with Gasteiger partial charge in [0.05, 0.1) is 72.6 Å². The Morgan fingerprint density at radius 1 is 0.523 bits per heavy atom. The van der Waals surface area contributed by atoms with Gasteiger partial charge < -0.3 is 33.2 Å². The smallest absolute Gasteiger partial charge is 0.258 e. The van der Waals surface area contributed by atoms with Crippen molar-refractivity contribution < 1.29 is 33.2 Å². The summed E-state index contributed by atoms with van der Waals surface area (Å²) in [6, 6.07) is 24.3. The first kappa shape index (κ1) is 42.0. The number of methoxy groups -OCH3 is 7. The molecule has 10 rings (SSSR count). The van der Waals surface area contributed by atoms with Gasteiger partial charge in [0.25, 0.3) is 5.79 Å². The van der Waals surface area contributed by atoms with E-state index in [9.17, 15) is 0 Å². The van der Waals surface area contributed by atoms with E-state index >= 15 is 0 Å². The van der Waals surface area contributed by atoms with Crippen LogP contribution in [0.25, 0.3) is 28.1 Å². The van der Waals surface area contributed by atoms with Crippen molar-refractivity contribution >= 4 is 17.0 Å².